The van der Waals surface area contributed by atoms with Crippen LogP contribution < -0.4 is 4.74 Å². The molecule has 21 heavy (non-hydrogen) atoms. The Morgan fingerprint density at radius 2 is 1.57 bits per heavy atom. The van der Waals surface area contributed by atoms with Crippen molar-refractivity contribution in [2.45, 2.75) is 0 Å². The maximum atomic E-state index is 5.11. The Morgan fingerprint density at radius 3 is 2.24 bits per heavy atom. The summed E-state index contributed by atoms with van der Waals surface area (Å²) >= 11 is 3.50. The van der Waals surface area contributed by atoms with E-state index in [-0.39, 0.29) is 0 Å². The van der Waals surface area contributed by atoms with E-state index in [1.807, 2.05) is 72.8 Å². The van der Waals surface area contributed by atoms with Crippen molar-refractivity contribution in [3.05, 3.63) is 76.3 Å². The molecule has 0 saturated heterocycles. The Balaban J connectivity index is 1.94. The smallest absolute Gasteiger partial charge is 0.118 e. The van der Waals surface area contributed by atoms with Gasteiger partial charge in [-0.2, -0.15) is 0 Å². The first-order valence-electron chi connectivity index (χ1n) is 6.52. The molecule has 0 heterocycles. The summed E-state index contributed by atoms with van der Waals surface area (Å²) in [7, 11) is 1.66. The van der Waals surface area contributed by atoms with E-state index in [2.05, 4.69) is 27.8 Å². The minimum Gasteiger partial charge on any atom is -0.497 e. The summed E-state index contributed by atoms with van der Waals surface area (Å²) in [5.41, 5.74) is 2.21. The van der Waals surface area contributed by atoms with Crippen molar-refractivity contribution >= 4 is 28.1 Å². The van der Waals surface area contributed by atoms with Crippen LogP contribution >= 0.6 is 15.9 Å². The highest BCUT2D eigenvalue weighted by molar-refractivity contribution is 9.10. The lowest BCUT2D eigenvalue weighted by atomic mass is 10.2. The molecule has 104 valence electrons. The molecule has 0 bridgehead atoms. The van der Waals surface area contributed by atoms with Crippen molar-refractivity contribution in [3.63, 3.8) is 0 Å². The molecule has 1 nitrogen and oxygen atoms in total. The van der Waals surface area contributed by atoms with E-state index in [0.717, 1.165) is 21.3 Å². The van der Waals surface area contributed by atoms with Gasteiger partial charge in [0.25, 0.3) is 0 Å². The SMILES string of the molecule is COc1ccc(/C=C\C#C/C=C\c2ccccc2Br)cc1. The second-order valence-corrected chi connectivity index (χ2v) is 5.10. The molecule has 2 rings (SSSR count). The zero-order chi connectivity index (χ0) is 14.9. The van der Waals surface area contributed by atoms with Gasteiger partial charge in [-0.3, -0.25) is 0 Å². The van der Waals surface area contributed by atoms with Gasteiger partial charge in [0.2, 0.25) is 0 Å². The lowest BCUT2D eigenvalue weighted by molar-refractivity contribution is 0.415. The Kier molecular flexibility index (Phi) is 5.87. The molecule has 0 aliphatic carbocycles. The number of ether oxygens (including phenoxy) is 1. The first-order chi connectivity index (χ1) is 10.3. The summed E-state index contributed by atoms with van der Waals surface area (Å²) in [5.74, 6) is 6.84. The molecule has 2 aromatic rings. The van der Waals surface area contributed by atoms with Gasteiger partial charge in [-0.15, -0.1) is 0 Å². The number of methoxy groups -OCH3 is 1. The highest BCUT2D eigenvalue weighted by atomic mass is 79.9. The molecule has 0 unspecified atom stereocenters. The number of benzene rings is 2. The monoisotopic (exact) mass is 338 g/mol. The van der Waals surface area contributed by atoms with Gasteiger partial charge in [0.1, 0.15) is 5.75 Å². The number of hydrogen-bond acceptors (Lipinski definition) is 1. The largest absolute Gasteiger partial charge is 0.497 e. The first-order valence-corrected chi connectivity index (χ1v) is 7.31. The second-order valence-electron chi connectivity index (χ2n) is 4.25. The third kappa shape index (κ3) is 4.98. The van der Waals surface area contributed by atoms with Crippen molar-refractivity contribution in [2.24, 2.45) is 0 Å². The number of halogens is 1. The summed E-state index contributed by atoms with van der Waals surface area (Å²) in [5, 5.41) is 0. The Labute approximate surface area is 134 Å². The van der Waals surface area contributed by atoms with Crippen molar-refractivity contribution in [2.75, 3.05) is 7.11 Å². The molecule has 0 atom stereocenters. The van der Waals surface area contributed by atoms with E-state index >= 15 is 0 Å². The lowest BCUT2D eigenvalue weighted by Gasteiger charge is -1.98. The highest BCUT2D eigenvalue weighted by Crippen LogP contribution is 2.16. The molecule has 0 radical (unpaired) electrons. The van der Waals surface area contributed by atoms with Crippen LogP contribution in [0.3, 0.4) is 0 Å². The summed E-state index contributed by atoms with van der Waals surface area (Å²) < 4.78 is 6.18. The predicted octanol–water partition coefficient (Wildman–Crippen LogP) is 5.19. The van der Waals surface area contributed by atoms with Gasteiger partial charge in [0.15, 0.2) is 0 Å². The van der Waals surface area contributed by atoms with Crippen LogP contribution in [0.5, 0.6) is 5.75 Å². The molecule has 0 N–H and O–H groups in total. The first kappa shape index (κ1) is 15.2. The number of rotatable bonds is 3. The predicted molar refractivity (Wildman–Crippen MR) is 93.0 cm³/mol. The van der Waals surface area contributed by atoms with E-state index in [0.29, 0.717) is 0 Å². The number of hydrogen-bond donors (Lipinski definition) is 0. The van der Waals surface area contributed by atoms with E-state index in [1.54, 1.807) is 7.11 Å². The lowest BCUT2D eigenvalue weighted by Crippen LogP contribution is -1.81. The molecular formula is C19H15BrO. The van der Waals surface area contributed by atoms with Crippen molar-refractivity contribution < 1.29 is 4.74 Å². The Morgan fingerprint density at radius 1 is 0.905 bits per heavy atom. The average Bonchev–Trinajstić information content (AvgIpc) is 2.53. The van der Waals surface area contributed by atoms with E-state index in [9.17, 15) is 0 Å². The fourth-order valence-corrected chi connectivity index (χ4v) is 2.11. The molecule has 0 fully saturated rings. The Bertz CT molecular complexity index is 700. The van der Waals surface area contributed by atoms with E-state index in [1.165, 1.54) is 0 Å². The van der Waals surface area contributed by atoms with Crippen molar-refractivity contribution in [1.29, 1.82) is 0 Å². The molecule has 0 aliphatic heterocycles. The van der Waals surface area contributed by atoms with E-state index < -0.39 is 0 Å². The normalized spacial score (nSPS) is 10.6. The zero-order valence-corrected chi connectivity index (χ0v) is 13.3. The highest BCUT2D eigenvalue weighted by Gasteiger charge is 1.91. The maximum Gasteiger partial charge on any atom is 0.118 e. The average molecular weight is 339 g/mol. The van der Waals surface area contributed by atoms with Gasteiger partial charge in [0, 0.05) is 4.47 Å². The quantitative estimate of drug-likeness (QED) is 0.700. The summed E-state index contributed by atoms with van der Waals surface area (Å²) in [6.45, 7) is 0. The molecule has 0 aliphatic rings. The van der Waals surface area contributed by atoms with Crippen LogP contribution in [0.1, 0.15) is 11.1 Å². The summed E-state index contributed by atoms with van der Waals surface area (Å²) in [4.78, 5) is 0. The van der Waals surface area contributed by atoms with Gasteiger partial charge >= 0.3 is 0 Å². The Hall–Kier alpha value is -2.24. The third-order valence-electron chi connectivity index (χ3n) is 2.81. The van der Waals surface area contributed by atoms with Crippen LogP contribution in [0, 0.1) is 11.8 Å². The van der Waals surface area contributed by atoms with Gasteiger partial charge in [-0.05, 0) is 53.6 Å². The van der Waals surface area contributed by atoms with Crippen LogP contribution in [0.4, 0.5) is 0 Å². The summed E-state index contributed by atoms with van der Waals surface area (Å²) in [6, 6.07) is 15.9. The van der Waals surface area contributed by atoms with Crippen LogP contribution in [0.2, 0.25) is 0 Å². The molecule has 2 heteroatoms. The van der Waals surface area contributed by atoms with Crippen LogP contribution in [-0.4, -0.2) is 7.11 Å². The minimum atomic E-state index is 0.856. The number of allylic oxidation sites excluding steroid dienone is 2. The van der Waals surface area contributed by atoms with Crippen LogP contribution in [-0.2, 0) is 0 Å². The van der Waals surface area contributed by atoms with Gasteiger partial charge in [-0.25, -0.2) is 0 Å². The van der Waals surface area contributed by atoms with E-state index in [4.69, 9.17) is 4.74 Å². The topological polar surface area (TPSA) is 9.23 Å². The fraction of sp³-hybridized carbons (Fsp3) is 0.0526. The van der Waals surface area contributed by atoms with Gasteiger partial charge in [0.05, 0.1) is 7.11 Å². The third-order valence-corrected chi connectivity index (χ3v) is 3.53. The molecular weight excluding hydrogens is 324 g/mol. The molecule has 0 aromatic heterocycles. The van der Waals surface area contributed by atoms with Gasteiger partial charge < -0.3 is 4.74 Å². The maximum absolute atomic E-state index is 5.11. The second kappa shape index (κ2) is 8.14. The summed E-state index contributed by atoms with van der Waals surface area (Å²) in [6.07, 6.45) is 7.64. The van der Waals surface area contributed by atoms with Crippen molar-refractivity contribution in [1.82, 2.24) is 0 Å². The fourth-order valence-electron chi connectivity index (χ4n) is 1.69. The zero-order valence-electron chi connectivity index (χ0n) is 11.7. The van der Waals surface area contributed by atoms with Crippen molar-refractivity contribution in [3.8, 4) is 17.6 Å². The molecule has 0 saturated carbocycles. The van der Waals surface area contributed by atoms with Crippen LogP contribution in [0.25, 0.3) is 12.2 Å². The molecule has 0 amide bonds. The minimum absolute atomic E-state index is 0.856. The van der Waals surface area contributed by atoms with Gasteiger partial charge in [-0.1, -0.05) is 58.1 Å². The molecule has 0 spiro atoms. The van der Waals surface area contributed by atoms with Crippen LogP contribution in [0.15, 0.2) is 65.2 Å². The molecule has 2 aromatic carbocycles. The standard InChI is InChI=1S/C19H15BrO/c1-21-18-14-12-16(13-15-18)8-4-2-3-5-9-17-10-6-7-11-19(17)20/h4-15H,1H3/b8-4-,9-5-.